The molecule has 8 heteroatoms. The van der Waals surface area contributed by atoms with Crippen LogP contribution in [0.4, 0.5) is 4.79 Å². The Balaban J connectivity index is 1.81. The topological polar surface area (TPSA) is 85.4 Å². The summed E-state index contributed by atoms with van der Waals surface area (Å²) in [6, 6.07) is 6.73. The van der Waals surface area contributed by atoms with E-state index < -0.39 is 29.1 Å². The number of hydrogen-bond acceptors (Lipinski definition) is 6. The third-order valence-corrected chi connectivity index (χ3v) is 5.75. The van der Waals surface area contributed by atoms with Crippen molar-refractivity contribution in [3.63, 3.8) is 0 Å². The number of benzene rings is 1. The first-order chi connectivity index (χ1) is 14.1. The molecule has 0 aliphatic carbocycles. The molecular formula is C22H30N2O6. The summed E-state index contributed by atoms with van der Waals surface area (Å²) in [7, 11) is 2.93. The Hall–Kier alpha value is -2.77. The van der Waals surface area contributed by atoms with Gasteiger partial charge in [-0.15, -0.1) is 0 Å². The summed E-state index contributed by atoms with van der Waals surface area (Å²) < 4.78 is 15.6. The first-order valence-electron chi connectivity index (χ1n) is 10.1. The van der Waals surface area contributed by atoms with Crippen LogP contribution in [0.25, 0.3) is 0 Å². The maximum atomic E-state index is 13.3. The van der Waals surface area contributed by atoms with E-state index in [1.165, 1.54) is 7.11 Å². The van der Waals surface area contributed by atoms with E-state index in [1.807, 2.05) is 45.0 Å². The van der Waals surface area contributed by atoms with Gasteiger partial charge in [0.1, 0.15) is 17.4 Å². The fraction of sp³-hybridized carbons (Fsp3) is 0.591. The molecule has 164 valence electrons. The number of β-lactam (4-membered cyclic amide) rings is 1. The first kappa shape index (κ1) is 21.9. The largest absolute Gasteiger partial charge is 0.497 e. The van der Waals surface area contributed by atoms with Crippen LogP contribution in [0.3, 0.4) is 0 Å². The lowest BCUT2D eigenvalue weighted by molar-refractivity contribution is -0.199. The number of amides is 2. The van der Waals surface area contributed by atoms with E-state index >= 15 is 0 Å². The van der Waals surface area contributed by atoms with Crippen molar-refractivity contribution in [1.82, 2.24) is 9.80 Å². The monoisotopic (exact) mass is 418 g/mol. The van der Waals surface area contributed by atoms with E-state index in [0.717, 1.165) is 11.3 Å². The van der Waals surface area contributed by atoms with Gasteiger partial charge in [-0.25, -0.2) is 9.59 Å². The third-order valence-electron chi connectivity index (χ3n) is 5.75. The SMILES string of the molecule is COC(=O)N1CCC2(CC1)C(=O)N(Cc1ccc(OC)cc1)C2C(=O)OC(C)(C)C. The Kier molecular flexibility index (Phi) is 5.97. The average Bonchev–Trinajstić information content (AvgIpc) is 2.72. The van der Waals surface area contributed by atoms with Gasteiger partial charge in [-0.05, 0) is 51.3 Å². The Bertz CT molecular complexity index is 806. The van der Waals surface area contributed by atoms with E-state index in [1.54, 1.807) is 16.9 Å². The summed E-state index contributed by atoms with van der Waals surface area (Å²) in [5, 5.41) is 0. The molecule has 0 aromatic heterocycles. The van der Waals surface area contributed by atoms with Crippen LogP contribution in [0.15, 0.2) is 24.3 Å². The molecule has 1 atom stereocenters. The molecule has 0 radical (unpaired) electrons. The summed E-state index contributed by atoms with van der Waals surface area (Å²) >= 11 is 0. The molecule has 2 saturated heterocycles. The molecule has 2 fully saturated rings. The van der Waals surface area contributed by atoms with E-state index in [2.05, 4.69) is 0 Å². The summed E-state index contributed by atoms with van der Waals surface area (Å²) in [6.07, 6.45) is 0.397. The molecule has 0 N–H and O–H groups in total. The fourth-order valence-corrected chi connectivity index (χ4v) is 4.26. The van der Waals surface area contributed by atoms with Crippen molar-refractivity contribution < 1.29 is 28.6 Å². The molecular weight excluding hydrogens is 388 g/mol. The summed E-state index contributed by atoms with van der Waals surface area (Å²) in [5.74, 6) is 0.254. The van der Waals surface area contributed by atoms with Gasteiger partial charge >= 0.3 is 12.1 Å². The number of methoxy groups -OCH3 is 2. The van der Waals surface area contributed by atoms with Crippen LogP contribution in [-0.4, -0.2) is 66.7 Å². The van der Waals surface area contributed by atoms with Crippen molar-refractivity contribution in [2.45, 2.75) is 51.8 Å². The van der Waals surface area contributed by atoms with Gasteiger partial charge in [0.15, 0.2) is 0 Å². The van der Waals surface area contributed by atoms with Crippen LogP contribution >= 0.6 is 0 Å². The summed E-state index contributed by atoms with van der Waals surface area (Å²) in [5.41, 5.74) is -0.589. The summed E-state index contributed by atoms with van der Waals surface area (Å²) in [6.45, 7) is 6.49. The zero-order valence-electron chi connectivity index (χ0n) is 18.3. The van der Waals surface area contributed by atoms with E-state index in [4.69, 9.17) is 14.2 Å². The molecule has 2 amide bonds. The van der Waals surface area contributed by atoms with Gasteiger partial charge in [-0.2, -0.15) is 0 Å². The highest BCUT2D eigenvalue weighted by atomic mass is 16.6. The maximum absolute atomic E-state index is 13.3. The number of likely N-dealkylation sites (tertiary alicyclic amines) is 2. The molecule has 1 unspecified atom stereocenters. The van der Waals surface area contributed by atoms with Gasteiger partial charge in [0, 0.05) is 19.6 Å². The number of carbonyl (C=O) groups is 3. The highest BCUT2D eigenvalue weighted by Gasteiger charge is 2.65. The van der Waals surface area contributed by atoms with Crippen LogP contribution in [0.1, 0.15) is 39.2 Å². The number of nitrogens with zero attached hydrogens (tertiary/aromatic N) is 2. The minimum Gasteiger partial charge on any atom is -0.497 e. The lowest BCUT2D eigenvalue weighted by Gasteiger charge is -2.57. The van der Waals surface area contributed by atoms with Crippen molar-refractivity contribution in [3.8, 4) is 5.75 Å². The van der Waals surface area contributed by atoms with Gasteiger partial charge in [0.2, 0.25) is 5.91 Å². The van der Waals surface area contributed by atoms with Crippen molar-refractivity contribution in [1.29, 1.82) is 0 Å². The Morgan fingerprint density at radius 3 is 2.20 bits per heavy atom. The van der Waals surface area contributed by atoms with Crippen molar-refractivity contribution in [2.75, 3.05) is 27.3 Å². The normalized spacial score (nSPS) is 20.6. The van der Waals surface area contributed by atoms with Crippen LogP contribution in [0, 0.1) is 5.41 Å². The molecule has 30 heavy (non-hydrogen) atoms. The van der Waals surface area contributed by atoms with E-state index in [9.17, 15) is 14.4 Å². The van der Waals surface area contributed by atoms with Crippen molar-refractivity contribution in [2.24, 2.45) is 5.41 Å². The number of piperidine rings is 1. The second kappa shape index (κ2) is 8.16. The van der Waals surface area contributed by atoms with Gasteiger partial charge in [-0.3, -0.25) is 4.79 Å². The fourth-order valence-electron chi connectivity index (χ4n) is 4.26. The minimum atomic E-state index is -0.834. The lowest BCUT2D eigenvalue weighted by atomic mass is 9.64. The Morgan fingerprint density at radius 1 is 1.10 bits per heavy atom. The highest BCUT2D eigenvalue weighted by molar-refractivity contribution is 6.00. The number of rotatable bonds is 4. The number of hydrogen-bond donors (Lipinski definition) is 0. The molecule has 1 aromatic rings. The van der Waals surface area contributed by atoms with Gasteiger partial charge in [-0.1, -0.05) is 12.1 Å². The first-order valence-corrected chi connectivity index (χ1v) is 10.1. The smallest absolute Gasteiger partial charge is 0.409 e. The highest BCUT2D eigenvalue weighted by Crippen LogP contribution is 2.49. The second-order valence-electron chi connectivity index (χ2n) is 8.83. The van der Waals surface area contributed by atoms with Gasteiger partial charge < -0.3 is 24.0 Å². The van der Waals surface area contributed by atoms with Gasteiger partial charge in [0.25, 0.3) is 0 Å². The van der Waals surface area contributed by atoms with Crippen LogP contribution in [-0.2, 0) is 25.6 Å². The molecule has 0 bridgehead atoms. The van der Waals surface area contributed by atoms with E-state index in [0.29, 0.717) is 32.5 Å². The molecule has 2 aliphatic heterocycles. The second-order valence-corrected chi connectivity index (χ2v) is 8.83. The predicted molar refractivity (Wildman–Crippen MR) is 109 cm³/mol. The molecule has 1 spiro atoms. The Labute approximate surface area is 177 Å². The average molecular weight is 418 g/mol. The van der Waals surface area contributed by atoms with Crippen molar-refractivity contribution >= 4 is 18.0 Å². The van der Waals surface area contributed by atoms with Crippen LogP contribution in [0.5, 0.6) is 5.75 Å². The molecule has 0 saturated carbocycles. The molecule has 2 heterocycles. The maximum Gasteiger partial charge on any atom is 0.409 e. The summed E-state index contributed by atoms with van der Waals surface area (Å²) in [4.78, 5) is 41.3. The quantitative estimate of drug-likeness (QED) is 0.552. The predicted octanol–water partition coefficient (Wildman–Crippen LogP) is 2.60. The standard InChI is InChI=1S/C22H30N2O6/c1-21(2,3)30-18(25)17-22(10-12-23(13-11-22)20(27)29-5)19(26)24(17)14-15-6-8-16(28-4)9-7-15/h6-9,17H,10-14H2,1-5H3. The molecule has 3 rings (SSSR count). The minimum absolute atomic E-state index is 0.0707. The molecule has 8 nitrogen and oxygen atoms in total. The molecule has 2 aliphatic rings. The zero-order valence-corrected chi connectivity index (χ0v) is 18.3. The Morgan fingerprint density at radius 2 is 1.70 bits per heavy atom. The van der Waals surface area contributed by atoms with Crippen LogP contribution in [0.2, 0.25) is 0 Å². The third kappa shape index (κ3) is 4.08. The lowest BCUT2D eigenvalue weighted by Crippen LogP contribution is -2.74. The van der Waals surface area contributed by atoms with Crippen molar-refractivity contribution in [3.05, 3.63) is 29.8 Å². The number of ether oxygens (including phenoxy) is 3. The number of esters is 1. The molecule has 1 aromatic carbocycles. The van der Waals surface area contributed by atoms with E-state index in [-0.39, 0.29) is 5.91 Å². The van der Waals surface area contributed by atoms with Gasteiger partial charge in [0.05, 0.1) is 19.6 Å². The van der Waals surface area contributed by atoms with Crippen LogP contribution < -0.4 is 4.74 Å². The zero-order chi connectivity index (χ0) is 22.1. The number of carbonyl (C=O) groups excluding carboxylic acids is 3.